The van der Waals surface area contributed by atoms with Gasteiger partial charge in [0.15, 0.2) is 17.1 Å². The molecule has 3 rings (SSSR count). The summed E-state index contributed by atoms with van der Waals surface area (Å²) in [6, 6.07) is 13.5. The van der Waals surface area contributed by atoms with Crippen LogP contribution in [0.15, 0.2) is 57.7 Å². The molecule has 0 saturated carbocycles. The molecule has 0 spiro atoms. The number of benzene rings is 2. The Morgan fingerprint density at radius 2 is 1.73 bits per heavy atom. The van der Waals surface area contributed by atoms with E-state index in [1.165, 1.54) is 7.11 Å². The topological polar surface area (TPSA) is 75.0 Å². The molecule has 0 fully saturated rings. The van der Waals surface area contributed by atoms with Crippen LogP contribution in [-0.4, -0.2) is 19.2 Å². The Balaban J connectivity index is 2.16. The lowest BCUT2D eigenvalue weighted by Gasteiger charge is -2.14. The van der Waals surface area contributed by atoms with Crippen LogP contribution < -0.4 is 19.8 Å². The third-order valence-corrected chi connectivity index (χ3v) is 3.58. The largest absolute Gasteiger partial charge is 0.487 e. The van der Waals surface area contributed by atoms with E-state index < -0.39 is 11.6 Å². The summed E-state index contributed by atoms with van der Waals surface area (Å²) in [6.45, 7) is 3.72. The fraction of sp³-hybridized carbons (Fsp3) is 0.200. The van der Waals surface area contributed by atoms with Crippen LogP contribution in [0.3, 0.4) is 0 Å². The summed E-state index contributed by atoms with van der Waals surface area (Å²) >= 11 is 0. The zero-order chi connectivity index (χ0) is 18.7. The van der Waals surface area contributed by atoms with E-state index in [9.17, 15) is 9.59 Å². The van der Waals surface area contributed by atoms with Crippen molar-refractivity contribution in [3.63, 3.8) is 0 Å². The molecule has 0 N–H and O–H groups in total. The van der Waals surface area contributed by atoms with Crippen molar-refractivity contribution in [1.82, 2.24) is 0 Å². The van der Waals surface area contributed by atoms with Crippen molar-refractivity contribution >= 4 is 16.9 Å². The van der Waals surface area contributed by atoms with E-state index in [1.54, 1.807) is 48.5 Å². The van der Waals surface area contributed by atoms with Crippen LogP contribution in [0.4, 0.5) is 0 Å². The van der Waals surface area contributed by atoms with Crippen molar-refractivity contribution in [3.05, 3.63) is 64.5 Å². The van der Waals surface area contributed by atoms with Gasteiger partial charge in [0, 0.05) is 0 Å². The maximum Gasteiger partial charge on any atom is 0.383 e. The monoisotopic (exact) mass is 354 g/mol. The minimum Gasteiger partial charge on any atom is -0.487 e. The maximum absolute atomic E-state index is 12.5. The first-order chi connectivity index (χ1) is 12.5. The third kappa shape index (κ3) is 3.39. The highest BCUT2D eigenvalue weighted by atomic mass is 16.6. The molecule has 0 aliphatic rings. The van der Waals surface area contributed by atoms with Gasteiger partial charge in [0.2, 0.25) is 5.75 Å². The number of para-hydroxylation sites is 1. The second-order valence-electron chi connectivity index (χ2n) is 5.81. The van der Waals surface area contributed by atoms with Crippen molar-refractivity contribution in [1.29, 1.82) is 0 Å². The first-order valence-corrected chi connectivity index (χ1v) is 8.09. The summed E-state index contributed by atoms with van der Waals surface area (Å²) in [7, 11) is 1.31. The van der Waals surface area contributed by atoms with Gasteiger partial charge in [-0.1, -0.05) is 24.3 Å². The highest BCUT2D eigenvalue weighted by Gasteiger charge is 2.22. The molecule has 0 bridgehead atoms. The maximum atomic E-state index is 12.5. The van der Waals surface area contributed by atoms with Gasteiger partial charge in [-0.2, -0.15) is 0 Å². The van der Waals surface area contributed by atoms with Gasteiger partial charge in [-0.05, 0) is 38.1 Å². The molecular weight excluding hydrogens is 336 g/mol. The van der Waals surface area contributed by atoms with Crippen LogP contribution in [0.5, 0.6) is 17.2 Å². The second kappa shape index (κ2) is 7.31. The highest BCUT2D eigenvalue weighted by Crippen LogP contribution is 2.37. The Morgan fingerprint density at radius 1 is 1.00 bits per heavy atom. The van der Waals surface area contributed by atoms with Gasteiger partial charge in [0.1, 0.15) is 0 Å². The van der Waals surface area contributed by atoms with Crippen LogP contribution in [0.1, 0.15) is 24.2 Å². The lowest BCUT2D eigenvalue weighted by Crippen LogP contribution is -2.14. The average molecular weight is 354 g/mol. The van der Waals surface area contributed by atoms with Crippen LogP contribution in [-0.2, 0) is 0 Å². The van der Waals surface area contributed by atoms with E-state index in [1.807, 2.05) is 13.8 Å². The van der Waals surface area contributed by atoms with E-state index in [0.717, 1.165) is 0 Å². The standard InChI is InChI=1S/C20H18O6/c1-12(2)24-15-11-7-10-14-16(15)25-20(22)18(23-3)17(14)26-19(21)13-8-5-4-6-9-13/h4-12H,1-3H3. The number of rotatable bonds is 5. The lowest BCUT2D eigenvalue weighted by atomic mass is 10.2. The van der Waals surface area contributed by atoms with E-state index in [-0.39, 0.29) is 23.2 Å². The van der Waals surface area contributed by atoms with Crippen molar-refractivity contribution < 1.29 is 23.4 Å². The fourth-order valence-corrected chi connectivity index (χ4v) is 2.50. The van der Waals surface area contributed by atoms with E-state index in [4.69, 9.17) is 18.6 Å². The number of carbonyl (C=O) groups excluding carboxylic acids is 1. The number of hydrogen-bond donors (Lipinski definition) is 0. The highest BCUT2D eigenvalue weighted by molar-refractivity contribution is 5.96. The van der Waals surface area contributed by atoms with Crippen molar-refractivity contribution in [2.45, 2.75) is 20.0 Å². The number of ether oxygens (including phenoxy) is 3. The first-order valence-electron chi connectivity index (χ1n) is 8.09. The molecule has 6 nitrogen and oxygen atoms in total. The summed E-state index contributed by atoms with van der Waals surface area (Å²) in [6.07, 6.45) is -0.122. The molecule has 0 radical (unpaired) electrons. The van der Waals surface area contributed by atoms with E-state index in [0.29, 0.717) is 16.7 Å². The van der Waals surface area contributed by atoms with Crippen LogP contribution in [0, 0.1) is 0 Å². The minimum absolute atomic E-state index is 0.00168. The molecule has 0 amide bonds. The van der Waals surface area contributed by atoms with Gasteiger partial charge in [-0.3, -0.25) is 0 Å². The van der Waals surface area contributed by atoms with Crippen LogP contribution >= 0.6 is 0 Å². The number of fused-ring (bicyclic) bond motifs is 1. The first kappa shape index (κ1) is 17.5. The summed E-state index contributed by atoms with van der Waals surface area (Å²) in [4.78, 5) is 24.8. The quantitative estimate of drug-likeness (QED) is 0.512. The Morgan fingerprint density at radius 3 is 2.38 bits per heavy atom. The number of hydrogen-bond acceptors (Lipinski definition) is 6. The molecule has 0 aliphatic heterocycles. The van der Waals surface area contributed by atoms with Crippen LogP contribution in [0.25, 0.3) is 11.0 Å². The number of carbonyl (C=O) groups is 1. The zero-order valence-corrected chi connectivity index (χ0v) is 14.6. The summed E-state index contributed by atoms with van der Waals surface area (Å²) in [5, 5.41) is 0.406. The molecule has 2 aromatic carbocycles. The average Bonchev–Trinajstić information content (AvgIpc) is 2.63. The summed E-state index contributed by atoms with van der Waals surface area (Å²) in [5.41, 5.74) is -0.205. The molecule has 0 saturated heterocycles. The van der Waals surface area contributed by atoms with Gasteiger partial charge in [0.05, 0.1) is 24.2 Å². The third-order valence-electron chi connectivity index (χ3n) is 3.58. The van der Waals surface area contributed by atoms with Gasteiger partial charge >= 0.3 is 11.6 Å². The molecule has 1 heterocycles. The summed E-state index contributed by atoms with van der Waals surface area (Å²) in [5.74, 6) is -0.398. The van der Waals surface area contributed by atoms with Gasteiger partial charge in [-0.15, -0.1) is 0 Å². The zero-order valence-electron chi connectivity index (χ0n) is 14.6. The predicted octanol–water partition coefficient (Wildman–Crippen LogP) is 3.81. The second-order valence-corrected chi connectivity index (χ2v) is 5.81. The predicted molar refractivity (Wildman–Crippen MR) is 96.2 cm³/mol. The number of methoxy groups -OCH3 is 1. The Hall–Kier alpha value is -3.28. The van der Waals surface area contributed by atoms with Gasteiger partial charge in [0.25, 0.3) is 0 Å². The molecule has 3 aromatic rings. The smallest absolute Gasteiger partial charge is 0.383 e. The van der Waals surface area contributed by atoms with Crippen LogP contribution in [0.2, 0.25) is 0 Å². The van der Waals surface area contributed by atoms with E-state index >= 15 is 0 Å². The Bertz CT molecular complexity index is 988. The van der Waals surface area contributed by atoms with Crippen molar-refractivity contribution in [3.8, 4) is 17.2 Å². The summed E-state index contributed by atoms with van der Waals surface area (Å²) < 4.78 is 21.6. The van der Waals surface area contributed by atoms with Crippen molar-refractivity contribution in [2.24, 2.45) is 0 Å². The molecule has 0 atom stereocenters. The molecule has 6 heteroatoms. The SMILES string of the molecule is COc1c(OC(=O)c2ccccc2)c2cccc(OC(C)C)c2oc1=O. The minimum atomic E-state index is -0.754. The molecule has 0 aliphatic carbocycles. The van der Waals surface area contributed by atoms with Gasteiger partial charge in [-0.25, -0.2) is 9.59 Å². The van der Waals surface area contributed by atoms with E-state index in [2.05, 4.69) is 0 Å². The number of esters is 1. The Labute approximate surface area is 149 Å². The molecular formula is C20H18O6. The molecule has 26 heavy (non-hydrogen) atoms. The van der Waals surface area contributed by atoms with Crippen molar-refractivity contribution in [2.75, 3.05) is 7.11 Å². The molecule has 0 unspecified atom stereocenters. The normalized spacial score (nSPS) is 10.8. The fourth-order valence-electron chi connectivity index (χ4n) is 2.50. The molecule has 1 aromatic heterocycles. The Kier molecular flexibility index (Phi) is 4.93. The lowest BCUT2D eigenvalue weighted by molar-refractivity contribution is 0.0731. The molecule has 134 valence electrons. The van der Waals surface area contributed by atoms with Gasteiger partial charge < -0.3 is 18.6 Å².